The number of hydrogen-bond acceptors (Lipinski definition) is 6. The summed E-state index contributed by atoms with van der Waals surface area (Å²) in [5.41, 5.74) is 6.54. The Balaban J connectivity index is 1.65. The average Bonchev–Trinajstić information content (AvgIpc) is 3.44. The standard InChI is InChI=1S/C30H32N6O3S/c1-18-11-13-32-26(14-18)35-19(2)15-22(20(35)3)29-28(23-8-6-7-12-31-23)34-30(40)36(29)21-9-10-25(39-5)24(16-21)33-27(37)17-38-4/h6-16,28-29H,17H2,1-5H3,(H,33,37)(H,34,40). The second-order valence-corrected chi connectivity index (χ2v) is 10.1. The molecule has 206 valence electrons. The summed E-state index contributed by atoms with van der Waals surface area (Å²) in [6, 6.07) is 17.3. The number of ether oxygens (including phenoxy) is 2. The third kappa shape index (κ3) is 5.15. The van der Waals surface area contributed by atoms with E-state index >= 15 is 0 Å². The Kier molecular flexibility index (Phi) is 7.81. The molecule has 10 heteroatoms. The zero-order chi connectivity index (χ0) is 28.4. The fourth-order valence-corrected chi connectivity index (χ4v) is 5.64. The van der Waals surface area contributed by atoms with E-state index in [-0.39, 0.29) is 24.6 Å². The van der Waals surface area contributed by atoms with E-state index in [0.717, 1.165) is 39.7 Å². The van der Waals surface area contributed by atoms with Gasteiger partial charge in [-0.25, -0.2) is 4.98 Å². The van der Waals surface area contributed by atoms with Crippen LogP contribution >= 0.6 is 12.2 Å². The van der Waals surface area contributed by atoms with Crippen LogP contribution in [0.3, 0.4) is 0 Å². The van der Waals surface area contributed by atoms with E-state index in [1.807, 2.05) is 48.7 Å². The van der Waals surface area contributed by atoms with E-state index in [1.54, 1.807) is 13.3 Å². The minimum atomic E-state index is -0.280. The number of thiocarbonyl (C=S) groups is 1. The molecule has 40 heavy (non-hydrogen) atoms. The zero-order valence-corrected chi connectivity index (χ0v) is 24.0. The molecule has 3 aromatic heterocycles. The summed E-state index contributed by atoms with van der Waals surface area (Å²) in [7, 11) is 3.05. The third-order valence-corrected chi connectivity index (χ3v) is 7.34. The molecule has 1 fully saturated rings. The van der Waals surface area contributed by atoms with Gasteiger partial charge < -0.3 is 29.6 Å². The lowest BCUT2D eigenvalue weighted by Crippen LogP contribution is -2.29. The van der Waals surface area contributed by atoms with Crippen molar-refractivity contribution in [1.82, 2.24) is 19.9 Å². The van der Waals surface area contributed by atoms with E-state index in [2.05, 4.69) is 63.0 Å². The van der Waals surface area contributed by atoms with Gasteiger partial charge in [0.1, 0.15) is 18.2 Å². The Morgan fingerprint density at radius 1 is 1.05 bits per heavy atom. The summed E-state index contributed by atoms with van der Waals surface area (Å²) >= 11 is 5.93. The lowest BCUT2D eigenvalue weighted by molar-refractivity contribution is -0.119. The smallest absolute Gasteiger partial charge is 0.250 e. The monoisotopic (exact) mass is 556 g/mol. The van der Waals surface area contributed by atoms with Gasteiger partial charge in [0.2, 0.25) is 5.91 Å². The second-order valence-electron chi connectivity index (χ2n) is 9.72. The van der Waals surface area contributed by atoms with Crippen LogP contribution in [0, 0.1) is 20.8 Å². The molecule has 5 rings (SSSR count). The van der Waals surface area contributed by atoms with E-state index in [9.17, 15) is 4.79 Å². The zero-order valence-electron chi connectivity index (χ0n) is 23.1. The van der Waals surface area contributed by atoms with E-state index in [1.165, 1.54) is 7.11 Å². The van der Waals surface area contributed by atoms with Crippen LogP contribution in [0.1, 0.15) is 40.3 Å². The first-order valence-electron chi connectivity index (χ1n) is 12.9. The maximum atomic E-state index is 12.4. The molecule has 1 aliphatic heterocycles. The molecule has 2 N–H and O–H groups in total. The van der Waals surface area contributed by atoms with E-state index in [0.29, 0.717) is 16.5 Å². The van der Waals surface area contributed by atoms with Crippen LogP contribution in [0.4, 0.5) is 11.4 Å². The molecule has 0 aliphatic carbocycles. The first kappa shape index (κ1) is 27.3. The molecule has 9 nitrogen and oxygen atoms in total. The highest BCUT2D eigenvalue weighted by atomic mass is 32.1. The molecule has 1 aliphatic rings. The number of methoxy groups -OCH3 is 2. The first-order chi connectivity index (χ1) is 19.3. The second kappa shape index (κ2) is 11.4. The Morgan fingerprint density at radius 2 is 1.88 bits per heavy atom. The number of amides is 1. The maximum Gasteiger partial charge on any atom is 0.250 e. The fourth-order valence-electron chi connectivity index (χ4n) is 5.29. The number of aromatic nitrogens is 3. The number of rotatable bonds is 8. The number of aryl methyl sites for hydroxylation is 2. The summed E-state index contributed by atoms with van der Waals surface area (Å²) in [6.45, 7) is 6.18. The predicted octanol–water partition coefficient (Wildman–Crippen LogP) is 4.96. The molecule has 4 aromatic rings. The molecular formula is C30H32N6O3S. The van der Waals surface area contributed by atoms with Crippen LogP contribution in [0.25, 0.3) is 5.82 Å². The lowest BCUT2D eigenvalue weighted by Gasteiger charge is -2.29. The number of pyridine rings is 2. The largest absolute Gasteiger partial charge is 0.495 e. The van der Waals surface area contributed by atoms with Crippen molar-refractivity contribution in [3.05, 3.63) is 95.2 Å². The molecule has 1 saturated heterocycles. The minimum absolute atomic E-state index is 0.0690. The van der Waals surface area contributed by atoms with Gasteiger partial charge in [-0.3, -0.25) is 9.78 Å². The van der Waals surface area contributed by atoms with Crippen LogP contribution in [0.5, 0.6) is 5.75 Å². The van der Waals surface area contributed by atoms with Crippen molar-refractivity contribution < 1.29 is 14.3 Å². The van der Waals surface area contributed by atoms with Gasteiger partial charge in [0, 0.05) is 36.6 Å². The predicted molar refractivity (Wildman–Crippen MR) is 159 cm³/mol. The highest BCUT2D eigenvalue weighted by Gasteiger charge is 2.42. The van der Waals surface area contributed by atoms with Crippen LogP contribution in [0.15, 0.2) is 67.0 Å². The fraction of sp³-hybridized carbons (Fsp3) is 0.267. The number of carbonyl (C=O) groups is 1. The normalized spacial score (nSPS) is 16.6. The molecule has 4 heterocycles. The van der Waals surface area contributed by atoms with Crippen LogP contribution < -0.4 is 20.3 Å². The first-order valence-corrected chi connectivity index (χ1v) is 13.3. The maximum absolute atomic E-state index is 12.4. The number of nitrogens with zero attached hydrogens (tertiary/aromatic N) is 4. The van der Waals surface area contributed by atoms with Crippen molar-refractivity contribution in [3.8, 4) is 11.6 Å². The number of nitrogens with one attached hydrogen (secondary N) is 2. The lowest BCUT2D eigenvalue weighted by atomic mass is 9.96. The highest BCUT2D eigenvalue weighted by molar-refractivity contribution is 7.80. The number of anilines is 2. The number of benzene rings is 1. The van der Waals surface area contributed by atoms with Crippen molar-refractivity contribution in [2.45, 2.75) is 32.9 Å². The van der Waals surface area contributed by atoms with Gasteiger partial charge in [-0.15, -0.1) is 0 Å². The van der Waals surface area contributed by atoms with Gasteiger partial charge in [-0.05, 0) is 92.6 Å². The van der Waals surface area contributed by atoms with Gasteiger partial charge in [-0.1, -0.05) is 6.07 Å². The van der Waals surface area contributed by atoms with Gasteiger partial charge >= 0.3 is 0 Å². The molecule has 1 amide bonds. The van der Waals surface area contributed by atoms with Crippen molar-refractivity contribution in [3.63, 3.8) is 0 Å². The third-order valence-electron chi connectivity index (χ3n) is 7.03. The van der Waals surface area contributed by atoms with Crippen LogP contribution in [-0.2, 0) is 9.53 Å². The van der Waals surface area contributed by atoms with Crippen molar-refractivity contribution in [2.24, 2.45) is 0 Å². The minimum Gasteiger partial charge on any atom is -0.495 e. The quantitative estimate of drug-likeness (QED) is 0.294. The summed E-state index contributed by atoms with van der Waals surface area (Å²) in [4.78, 5) is 23.8. The molecular weight excluding hydrogens is 524 g/mol. The molecule has 2 atom stereocenters. The Labute approximate surface area is 239 Å². The van der Waals surface area contributed by atoms with Crippen molar-refractivity contribution in [1.29, 1.82) is 0 Å². The van der Waals surface area contributed by atoms with Gasteiger partial charge in [-0.2, -0.15) is 0 Å². The van der Waals surface area contributed by atoms with Crippen molar-refractivity contribution in [2.75, 3.05) is 31.0 Å². The SMILES string of the molecule is COCC(=O)Nc1cc(N2C(=S)NC(c3ccccn3)C2c2cc(C)n(-c3cc(C)ccn3)c2C)ccc1OC. The van der Waals surface area contributed by atoms with Gasteiger partial charge in [0.15, 0.2) is 5.11 Å². The van der Waals surface area contributed by atoms with Crippen molar-refractivity contribution >= 4 is 34.6 Å². The molecule has 0 spiro atoms. The molecule has 0 bridgehead atoms. The van der Waals surface area contributed by atoms with Crippen LogP contribution in [0.2, 0.25) is 0 Å². The highest BCUT2D eigenvalue weighted by Crippen LogP contribution is 2.45. The van der Waals surface area contributed by atoms with Crippen LogP contribution in [-0.4, -0.2) is 46.4 Å². The molecule has 1 aromatic carbocycles. The molecule has 0 saturated carbocycles. The summed E-state index contributed by atoms with van der Waals surface area (Å²) in [6.07, 6.45) is 3.62. The van der Waals surface area contributed by atoms with Gasteiger partial charge in [0.25, 0.3) is 0 Å². The summed E-state index contributed by atoms with van der Waals surface area (Å²) < 4.78 is 12.7. The molecule has 0 radical (unpaired) electrons. The topological polar surface area (TPSA) is 93.5 Å². The Morgan fingerprint density at radius 3 is 2.58 bits per heavy atom. The Hall–Kier alpha value is -4.28. The summed E-state index contributed by atoms with van der Waals surface area (Å²) in [5, 5.41) is 6.95. The molecule has 2 unspecified atom stereocenters. The number of hydrogen-bond donors (Lipinski definition) is 2. The number of carbonyl (C=O) groups excluding carboxylic acids is 1. The van der Waals surface area contributed by atoms with E-state index in [4.69, 9.17) is 21.7 Å². The van der Waals surface area contributed by atoms with Gasteiger partial charge in [0.05, 0.1) is 30.6 Å². The van der Waals surface area contributed by atoms with E-state index < -0.39 is 0 Å². The summed E-state index contributed by atoms with van der Waals surface area (Å²) in [5.74, 6) is 1.12. The Bertz CT molecular complexity index is 1550. The average molecular weight is 557 g/mol.